The van der Waals surface area contributed by atoms with Crippen molar-refractivity contribution in [2.24, 2.45) is 11.7 Å². The van der Waals surface area contributed by atoms with E-state index in [0.29, 0.717) is 0 Å². The van der Waals surface area contributed by atoms with Gasteiger partial charge >= 0.3 is 0 Å². The van der Waals surface area contributed by atoms with Crippen molar-refractivity contribution in [1.29, 1.82) is 0 Å². The SMILES string of the molecule is NC1(C2CCCCCCCCC2)CCCCCCCCC1. The first-order valence-corrected chi connectivity index (χ1v) is 10.1. The lowest BCUT2D eigenvalue weighted by Crippen LogP contribution is -2.47. The summed E-state index contributed by atoms with van der Waals surface area (Å²) in [5, 5.41) is 0. The van der Waals surface area contributed by atoms with Crippen LogP contribution in [0.1, 0.15) is 116 Å². The van der Waals surface area contributed by atoms with Crippen LogP contribution in [0.4, 0.5) is 0 Å². The van der Waals surface area contributed by atoms with E-state index in [4.69, 9.17) is 5.73 Å². The molecule has 0 aliphatic heterocycles. The van der Waals surface area contributed by atoms with Gasteiger partial charge in [-0.05, 0) is 31.6 Å². The summed E-state index contributed by atoms with van der Waals surface area (Å²) in [6.07, 6.45) is 25.6. The first-order valence-electron chi connectivity index (χ1n) is 10.1. The summed E-state index contributed by atoms with van der Waals surface area (Å²) in [6.45, 7) is 0. The molecule has 0 heterocycles. The number of hydrogen-bond donors (Lipinski definition) is 1. The van der Waals surface area contributed by atoms with Gasteiger partial charge in [0.15, 0.2) is 0 Å². The van der Waals surface area contributed by atoms with Gasteiger partial charge in [0.1, 0.15) is 0 Å². The van der Waals surface area contributed by atoms with Crippen LogP contribution in [0.3, 0.4) is 0 Å². The van der Waals surface area contributed by atoms with Crippen molar-refractivity contribution in [3.05, 3.63) is 0 Å². The van der Waals surface area contributed by atoms with Crippen molar-refractivity contribution in [3.63, 3.8) is 0 Å². The molecule has 0 spiro atoms. The minimum Gasteiger partial charge on any atom is -0.325 e. The molecule has 2 N–H and O–H groups in total. The highest BCUT2D eigenvalue weighted by molar-refractivity contribution is 4.91. The average molecular weight is 294 g/mol. The molecule has 0 radical (unpaired) electrons. The highest BCUT2D eigenvalue weighted by Crippen LogP contribution is 2.36. The summed E-state index contributed by atoms with van der Waals surface area (Å²) >= 11 is 0. The van der Waals surface area contributed by atoms with Gasteiger partial charge in [0.2, 0.25) is 0 Å². The second-order valence-electron chi connectivity index (χ2n) is 7.96. The molecule has 0 unspecified atom stereocenters. The minimum atomic E-state index is 0.177. The standard InChI is InChI=1S/C20H39N/c21-20(17-13-9-5-2-6-10-14-18-20)19-15-11-7-3-1-4-8-12-16-19/h19H,1-18,21H2. The van der Waals surface area contributed by atoms with Gasteiger partial charge in [0.25, 0.3) is 0 Å². The molecule has 1 heteroatoms. The van der Waals surface area contributed by atoms with Crippen LogP contribution in [0.2, 0.25) is 0 Å². The highest BCUT2D eigenvalue weighted by atomic mass is 14.8. The first-order chi connectivity index (χ1) is 10.3. The Bertz CT molecular complexity index is 241. The van der Waals surface area contributed by atoms with Crippen LogP contribution in [0.25, 0.3) is 0 Å². The van der Waals surface area contributed by atoms with Crippen LogP contribution in [-0.4, -0.2) is 5.54 Å². The molecule has 2 aliphatic rings. The zero-order chi connectivity index (χ0) is 14.8. The molecule has 21 heavy (non-hydrogen) atoms. The van der Waals surface area contributed by atoms with Crippen molar-refractivity contribution in [1.82, 2.24) is 0 Å². The normalized spacial score (nSPS) is 27.9. The maximum atomic E-state index is 7.03. The molecule has 0 amide bonds. The van der Waals surface area contributed by atoms with Crippen molar-refractivity contribution in [2.45, 2.75) is 121 Å². The number of rotatable bonds is 1. The smallest absolute Gasteiger partial charge is 0.0182 e. The summed E-state index contributed by atoms with van der Waals surface area (Å²) in [7, 11) is 0. The topological polar surface area (TPSA) is 26.0 Å². The Balaban J connectivity index is 1.93. The Labute approximate surface area is 133 Å². The van der Waals surface area contributed by atoms with Gasteiger partial charge < -0.3 is 5.73 Å². The summed E-state index contributed by atoms with van der Waals surface area (Å²) in [5.74, 6) is 0.815. The molecule has 1 nitrogen and oxygen atoms in total. The Morgan fingerprint density at radius 1 is 0.476 bits per heavy atom. The molecular weight excluding hydrogens is 254 g/mol. The first kappa shape index (κ1) is 17.3. The van der Waals surface area contributed by atoms with E-state index in [-0.39, 0.29) is 5.54 Å². The van der Waals surface area contributed by atoms with E-state index >= 15 is 0 Å². The lowest BCUT2D eigenvalue weighted by atomic mass is 9.71. The molecule has 0 aromatic heterocycles. The Morgan fingerprint density at radius 2 is 0.810 bits per heavy atom. The summed E-state index contributed by atoms with van der Waals surface area (Å²) in [6, 6.07) is 0. The monoisotopic (exact) mass is 293 g/mol. The van der Waals surface area contributed by atoms with E-state index in [2.05, 4.69) is 0 Å². The van der Waals surface area contributed by atoms with Crippen LogP contribution in [-0.2, 0) is 0 Å². The number of hydrogen-bond acceptors (Lipinski definition) is 1. The highest BCUT2D eigenvalue weighted by Gasteiger charge is 2.33. The molecule has 2 aliphatic carbocycles. The lowest BCUT2D eigenvalue weighted by Gasteiger charge is -2.39. The van der Waals surface area contributed by atoms with Gasteiger partial charge in [-0.25, -0.2) is 0 Å². The van der Waals surface area contributed by atoms with E-state index < -0.39 is 0 Å². The number of nitrogens with two attached hydrogens (primary N) is 1. The third-order valence-electron chi connectivity index (χ3n) is 6.20. The second-order valence-corrected chi connectivity index (χ2v) is 7.96. The molecule has 2 rings (SSSR count). The van der Waals surface area contributed by atoms with Gasteiger partial charge in [-0.1, -0.05) is 89.9 Å². The van der Waals surface area contributed by atoms with E-state index in [1.54, 1.807) is 0 Å². The largest absolute Gasteiger partial charge is 0.325 e. The van der Waals surface area contributed by atoms with Crippen LogP contribution in [0.5, 0.6) is 0 Å². The van der Waals surface area contributed by atoms with E-state index in [1.807, 2.05) is 0 Å². The quantitative estimate of drug-likeness (QED) is 0.599. The van der Waals surface area contributed by atoms with Crippen molar-refractivity contribution in [2.75, 3.05) is 0 Å². The Hall–Kier alpha value is -0.0400. The van der Waals surface area contributed by atoms with E-state index in [0.717, 1.165) is 5.92 Å². The third kappa shape index (κ3) is 6.30. The predicted molar refractivity (Wildman–Crippen MR) is 93.5 cm³/mol. The molecule has 2 fully saturated rings. The fourth-order valence-electron chi connectivity index (χ4n) is 4.71. The molecule has 124 valence electrons. The minimum absolute atomic E-state index is 0.177. The van der Waals surface area contributed by atoms with Gasteiger partial charge in [0, 0.05) is 5.54 Å². The predicted octanol–water partition coefficient (Wildman–Crippen LogP) is 6.35. The average Bonchev–Trinajstić information content (AvgIpc) is 2.51. The molecule has 2 saturated carbocycles. The van der Waals surface area contributed by atoms with Crippen molar-refractivity contribution < 1.29 is 0 Å². The maximum absolute atomic E-state index is 7.03. The molecule has 0 bridgehead atoms. The zero-order valence-electron chi connectivity index (χ0n) is 14.4. The molecular formula is C20H39N. The van der Waals surface area contributed by atoms with E-state index in [9.17, 15) is 0 Å². The molecule has 0 aromatic rings. The lowest BCUT2D eigenvalue weighted by molar-refractivity contribution is 0.185. The summed E-state index contributed by atoms with van der Waals surface area (Å²) < 4.78 is 0. The second kappa shape index (κ2) is 9.87. The van der Waals surface area contributed by atoms with Crippen LogP contribution >= 0.6 is 0 Å². The van der Waals surface area contributed by atoms with Gasteiger partial charge in [-0.3, -0.25) is 0 Å². The summed E-state index contributed by atoms with van der Waals surface area (Å²) in [4.78, 5) is 0. The molecule has 0 aromatic carbocycles. The fourth-order valence-corrected chi connectivity index (χ4v) is 4.71. The van der Waals surface area contributed by atoms with Crippen LogP contribution in [0.15, 0.2) is 0 Å². The van der Waals surface area contributed by atoms with Gasteiger partial charge in [0.05, 0.1) is 0 Å². The molecule has 0 saturated heterocycles. The maximum Gasteiger partial charge on any atom is 0.0182 e. The molecule has 0 atom stereocenters. The third-order valence-corrected chi connectivity index (χ3v) is 6.20. The fraction of sp³-hybridized carbons (Fsp3) is 1.00. The van der Waals surface area contributed by atoms with E-state index in [1.165, 1.54) is 116 Å². The van der Waals surface area contributed by atoms with Crippen molar-refractivity contribution >= 4 is 0 Å². The van der Waals surface area contributed by atoms with Gasteiger partial charge in [-0.2, -0.15) is 0 Å². The Kier molecular flexibility index (Phi) is 8.14. The van der Waals surface area contributed by atoms with Crippen LogP contribution in [0, 0.1) is 5.92 Å². The summed E-state index contributed by atoms with van der Waals surface area (Å²) in [5.41, 5.74) is 7.21. The zero-order valence-corrected chi connectivity index (χ0v) is 14.4. The van der Waals surface area contributed by atoms with Crippen molar-refractivity contribution in [3.8, 4) is 0 Å². The Morgan fingerprint density at radius 3 is 1.24 bits per heavy atom. The van der Waals surface area contributed by atoms with Crippen LogP contribution < -0.4 is 5.73 Å². The van der Waals surface area contributed by atoms with Gasteiger partial charge in [-0.15, -0.1) is 0 Å².